The quantitative estimate of drug-likeness (QED) is 0.166. The molecule has 9 N–H and O–H groups in total. The van der Waals surface area contributed by atoms with Gasteiger partial charge in [-0.15, -0.1) is 0 Å². The summed E-state index contributed by atoms with van der Waals surface area (Å²) in [6.45, 7) is -1.21. The third-order valence-electron chi connectivity index (χ3n) is 7.02. The largest absolute Gasteiger partial charge is 0.508 e. The van der Waals surface area contributed by atoms with Gasteiger partial charge in [0.15, 0.2) is 5.43 Å². The maximum atomic E-state index is 13.2. The summed E-state index contributed by atoms with van der Waals surface area (Å²) >= 11 is 0. The van der Waals surface area contributed by atoms with E-state index in [-0.39, 0.29) is 33.8 Å². The van der Waals surface area contributed by atoms with E-state index in [1.54, 1.807) is 0 Å². The molecule has 0 radical (unpaired) electrons. The molecule has 40 heavy (non-hydrogen) atoms. The molecule has 3 unspecified atom stereocenters. The number of phenolic OH excluding ortho intramolecular Hbond substituents is 2. The van der Waals surface area contributed by atoms with Crippen molar-refractivity contribution in [1.82, 2.24) is 0 Å². The van der Waals surface area contributed by atoms with Gasteiger partial charge in [0.05, 0.1) is 18.8 Å². The van der Waals surface area contributed by atoms with Crippen LogP contribution in [0.1, 0.15) is 11.7 Å². The van der Waals surface area contributed by atoms with Crippen LogP contribution >= 0.6 is 0 Å². The molecule has 0 bridgehead atoms. The van der Waals surface area contributed by atoms with Gasteiger partial charge in [-0.25, -0.2) is 0 Å². The van der Waals surface area contributed by atoms with Crippen LogP contribution in [0, 0.1) is 0 Å². The fraction of sp³-hybridized carbons (Fsp3) is 0.423. The van der Waals surface area contributed by atoms with Gasteiger partial charge in [-0.05, 0) is 24.3 Å². The van der Waals surface area contributed by atoms with Gasteiger partial charge >= 0.3 is 0 Å². The van der Waals surface area contributed by atoms with Gasteiger partial charge in [0, 0.05) is 17.7 Å². The van der Waals surface area contributed by atoms with Crippen LogP contribution in [0.4, 0.5) is 0 Å². The van der Waals surface area contributed by atoms with Crippen molar-refractivity contribution in [3.63, 3.8) is 0 Å². The van der Waals surface area contributed by atoms with Crippen molar-refractivity contribution in [2.75, 3.05) is 13.2 Å². The minimum absolute atomic E-state index is 0.0252. The van der Waals surface area contributed by atoms with E-state index in [4.69, 9.17) is 18.6 Å². The Morgan fingerprint density at radius 2 is 1.57 bits per heavy atom. The lowest BCUT2D eigenvalue weighted by molar-refractivity contribution is -0.278. The van der Waals surface area contributed by atoms with Gasteiger partial charge < -0.3 is 64.6 Å². The zero-order valence-corrected chi connectivity index (χ0v) is 20.6. The molecule has 0 saturated carbocycles. The molecule has 9 atom stereocenters. The molecule has 0 spiro atoms. The van der Waals surface area contributed by atoms with Crippen LogP contribution in [-0.2, 0) is 9.47 Å². The first kappa shape index (κ1) is 28.2. The van der Waals surface area contributed by atoms with Crippen LogP contribution in [-0.4, -0.2) is 108 Å². The number of aliphatic hydroxyl groups excluding tert-OH is 7. The highest BCUT2D eigenvalue weighted by atomic mass is 16.7. The molecule has 1 aromatic heterocycles. The number of ether oxygens (including phenoxy) is 3. The second-order valence-corrected chi connectivity index (χ2v) is 9.65. The number of hydrogen-bond acceptors (Lipinski definition) is 14. The molecular weight excluding hydrogens is 536 g/mol. The topological polar surface area (TPSA) is 240 Å². The highest BCUT2D eigenvalue weighted by Gasteiger charge is 2.46. The van der Waals surface area contributed by atoms with Crippen LogP contribution in [0.15, 0.2) is 45.6 Å². The highest BCUT2D eigenvalue weighted by Crippen LogP contribution is 2.45. The molecule has 3 aromatic rings. The first-order valence-electron chi connectivity index (χ1n) is 12.3. The van der Waals surface area contributed by atoms with Gasteiger partial charge in [-0.2, -0.15) is 0 Å². The molecule has 2 saturated heterocycles. The zero-order valence-electron chi connectivity index (χ0n) is 20.6. The van der Waals surface area contributed by atoms with E-state index in [1.165, 1.54) is 24.3 Å². The molecule has 14 heteroatoms. The molecule has 5 rings (SSSR count). The Labute approximate surface area is 225 Å². The van der Waals surface area contributed by atoms with Crippen LogP contribution in [0.5, 0.6) is 17.2 Å². The molecule has 2 aliphatic rings. The standard InChI is InChI=1S/C26H28O14/c27-7-16-20(32)22(34)24(36)26(40-16)39-15-6-14-17(11(29)5-13(38-14)9-1-3-10(28)4-2-9)21(33)18(15)25-23(35)19(31)12(30)8-37-25/h1-6,12,16,19-20,22-28,30-36H,7-8H2/t12-,16?,19-,20+,22-,23?,24?,25-,26+/m0/s1. The van der Waals surface area contributed by atoms with Crippen molar-refractivity contribution < 1.29 is 64.6 Å². The van der Waals surface area contributed by atoms with E-state index >= 15 is 0 Å². The summed E-state index contributed by atoms with van der Waals surface area (Å²) in [5.74, 6) is -1.12. The Bertz CT molecular complexity index is 1420. The maximum Gasteiger partial charge on any atom is 0.229 e. The van der Waals surface area contributed by atoms with Crippen molar-refractivity contribution in [2.45, 2.75) is 55.1 Å². The van der Waals surface area contributed by atoms with Crippen molar-refractivity contribution in [1.29, 1.82) is 0 Å². The van der Waals surface area contributed by atoms with Crippen molar-refractivity contribution >= 4 is 11.0 Å². The summed E-state index contributed by atoms with van der Waals surface area (Å²) in [5.41, 5.74) is -0.900. The predicted molar refractivity (Wildman–Crippen MR) is 132 cm³/mol. The Balaban J connectivity index is 1.66. The normalized spacial score (nSPS) is 32.7. The van der Waals surface area contributed by atoms with Crippen molar-refractivity contribution in [2.24, 2.45) is 0 Å². The van der Waals surface area contributed by atoms with Gasteiger partial charge in [0.2, 0.25) is 6.29 Å². The molecule has 0 aliphatic carbocycles. The Morgan fingerprint density at radius 3 is 2.25 bits per heavy atom. The number of hydrogen-bond donors (Lipinski definition) is 9. The van der Waals surface area contributed by atoms with E-state index in [9.17, 15) is 50.8 Å². The molecule has 3 heterocycles. The predicted octanol–water partition coefficient (Wildman–Crippen LogP) is -1.80. The molecule has 2 fully saturated rings. The average molecular weight is 564 g/mol. The summed E-state index contributed by atoms with van der Waals surface area (Å²) in [4.78, 5) is 13.2. The first-order chi connectivity index (χ1) is 19.0. The second kappa shape index (κ2) is 10.9. The number of benzene rings is 2. The minimum Gasteiger partial charge on any atom is -0.508 e. The zero-order chi connectivity index (χ0) is 28.9. The van der Waals surface area contributed by atoms with E-state index in [0.717, 1.165) is 12.1 Å². The van der Waals surface area contributed by atoms with Crippen LogP contribution < -0.4 is 10.2 Å². The minimum atomic E-state index is -1.86. The summed E-state index contributed by atoms with van der Waals surface area (Å²) in [6, 6.07) is 7.93. The molecule has 14 nitrogen and oxygen atoms in total. The number of aromatic hydroxyl groups is 2. The fourth-order valence-corrected chi connectivity index (χ4v) is 4.79. The first-order valence-corrected chi connectivity index (χ1v) is 12.3. The van der Waals surface area contributed by atoms with Crippen LogP contribution in [0.3, 0.4) is 0 Å². The number of phenols is 2. The van der Waals surface area contributed by atoms with E-state index in [0.29, 0.717) is 5.56 Å². The van der Waals surface area contributed by atoms with Gasteiger partial charge in [0.25, 0.3) is 0 Å². The van der Waals surface area contributed by atoms with Gasteiger partial charge in [-0.3, -0.25) is 4.79 Å². The number of fused-ring (bicyclic) bond motifs is 1. The molecular formula is C26H28O14. The van der Waals surface area contributed by atoms with Crippen LogP contribution in [0.2, 0.25) is 0 Å². The third-order valence-corrected chi connectivity index (χ3v) is 7.02. The smallest absolute Gasteiger partial charge is 0.229 e. The lowest BCUT2D eigenvalue weighted by Crippen LogP contribution is -2.60. The Morgan fingerprint density at radius 1 is 0.875 bits per heavy atom. The summed E-state index contributed by atoms with van der Waals surface area (Å²) in [5, 5.41) is 91.6. The number of aliphatic hydroxyl groups is 7. The summed E-state index contributed by atoms with van der Waals surface area (Å²) in [6.07, 6.45) is -15.0. The lowest BCUT2D eigenvalue weighted by Gasteiger charge is -2.40. The van der Waals surface area contributed by atoms with E-state index in [2.05, 4.69) is 0 Å². The fourth-order valence-electron chi connectivity index (χ4n) is 4.79. The van der Waals surface area contributed by atoms with E-state index in [1.807, 2.05) is 0 Å². The lowest BCUT2D eigenvalue weighted by atomic mass is 9.92. The molecule has 216 valence electrons. The SMILES string of the molecule is O=c1cc(-c2ccc(O)cc2)oc2cc(O[C@@H]3OC(CO)[C@@H](O)[C@H](O)C3O)c([C@@H]3OC[C@H](O)[C@H](O)C3O)c(O)c12. The summed E-state index contributed by atoms with van der Waals surface area (Å²) in [7, 11) is 0. The number of rotatable bonds is 5. The van der Waals surface area contributed by atoms with Crippen molar-refractivity contribution in [3.8, 4) is 28.6 Å². The monoisotopic (exact) mass is 564 g/mol. The van der Waals surface area contributed by atoms with E-state index < -0.39 is 79.5 Å². The highest BCUT2D eigenvalue weighted by molar-refractivity contribution is 5.88. The molecule has 2 aromatic carbocycles. The third kappa shape index (κ3) is 4.89. The molecule has 0 amide bonds. The Kier molecular flexibility index (Phi) is 7.71. The second-order valence-electron chi connectivity index (χ2n) is 9.65. The van der Waals surface area contributed by atoms with Crippen LogP contribution in [0.25, 0.3) is 22.3 Å². The molecule has 2 aliphatic heterocycles. The average Bonchev–Trinajstić information content (AvgIpc) is 2.93. The van der Waals surface area contributed by atoms with Gasteiger partial charge in [0.1, 0.15) is 82.8 Å². The van der Waals surface area contributed by atoms with Gasteiger partial charge in [-0.1, -0.05) is 0 Å². The van der Waals surface area contributed by atoms with Crippen molar-refractivity contribution in [3.05, 3.63) is 52.2 Å². The maximum absolute atomic E-state index is 13.2. The summed E-state index contributed by atoms with van der Waals surface area (Å²) < 4.78 is 22.5. The Hall–Kier alpha value is -3.31.